The summed E-state index contributed by atoms with van der Waals surface area (Å²) in [6.07, 6.45) is 1.67. The molecule has 0 saturated heterocycles. The molecule has 1 aromatic carbocycles. The lowest BCUT2D eigenvalue weighted by Gasteiger charge is -2.16. The number of hydrogen-bond acceptors (Lipinski definition) is 7. The van der Waals surface area contributed by atoms with E-state index in [0.717, 1.165) is 12.8 Å². The molecule has 29 heavy (non-hydrogen) atoms. The zero-order chi connectivity index (χ0) is 21.0. The quantitative estimate of drug-likeness (QED) is 0.518. The van der Waals surface area contributed by atoms with E-state index in [1.165, 1.54) is 35.6 Å². The molecule has 0 bridgehead atoms. The van der Waals surface area contributed by atoms with Crippen molar-refractivity contribution in [2.24, 2.45) is 0 Å². The highest BCUT2D eigenvalue weighted by Gasteiger charge is 2.21. The van der Waals surface area contributed by atoms with Crippen LogP contribution in [0, 0.1) is 0 Å². The van der Waals surface area contributed by atoms with Crippen LogP contribution >= 0.6 is 15.9 Å². The third kappa shape index (κ3) is 4.92. The normalized spacial score (nSPS) is 11.7. The lowest BCUT2D eigenvalue weighted by Crippen LogP contribution is -2.28. The van der Waals surface area contributed by atoms with E-state index in [-0.39, 0.29) is 22.4 Å². The molecule has 3 rings (SSSR count). The van der Waals surface area contributed by atoms with E-state index in [2.05, 4.69) is 31.4 Å². The van der Waals surface area contributed by atoms with Crippen molar-refractivity contribution in [2.75, 3.05) is 18.9 Å². The molecule has 0 spiro atoms. The van der Waals surface area contributed by atoms with Gasteiger partial charge in [-0.3, -0.25) is 10.1 Å². The highest BCUT2D eigenvalue weighted by atomic mass is 79.9. The van der Waals surface area contributed by atoms with Crippen molar-refractivity contribution in [1.29, 1.82) is 0 Å². The van der Waals surface area contributed by atoms with Crippen LogP contribution in [0.25, 0.3) is 11.7 Å². The van der Waals surface area contributed by atoms with Crippen molar-refractivity contribution in [2.45, 2.75) is 24.7 Å². The van der Waals surface area contributed by atoms with Crippen LogP contribution in [-0.2, 0) is 10.0 Å². The molecule has 0 radical (unpaired) electrons. The maximum absolute atomic E-state index is 12.5. The Morgan fingerprint density at radius 2 is 1.86 bits per heavy atom. The summed E-state index contributed by atoms with van der Waals surface area (Å²) in [5.74, 6) is -0.0432. The van der Waals surface area contributed by atoms with Gasteiger partial charge in [0.15, 0.2) is 10.4 Å². The molecule has 11 heteroatoms. The summed E-state index contributed by atoms with van der Waals surface area (Å²) >= 11 is 3.18. The topological polar surface area (TPSA) is 119 Å². The Kier molecular flexibility index (Phi) is 6.50. The van der Waals surface area contributed by atoms with Gasteiger partial charge in [0.1, 0.15) is 0 Å². The van der Waals surface area contributed by atoms with Gasteiger partial charge in [-0.25, -0.2) is 12.7 Å². The first-order valence-electron chi connectivity index (χ1n) is 8.78. The summed E-state index contributed by atoms with van der Waals surface area (Å²) in [6, 6.07) is 8.85. The predicted octanol–water partition coefficient (Wildman–Crippen LogP) is 3.77. The number of sulfonamides is 1. The van der Waals surface area contributed by atoms with Crippen LogP contribution in [-0.4, -0.2) is 42.4 Å². The highest BCUT2D eigenvalue weighted by molar-refractivity contribution is 9.10. The summed E-state index contributed by atoms with van der Waals surface area (Å²) in [7, 11) is -2.05. The number of nitrogens with zero attached hydrogens (tertiary/aromatic N) is 3. The van der Waals surface area contributed by atoms with Crippen LogP contribution in [0.1, 0.15) is 30.1 Å². The monoisotopic (exact) mass is 482 g/mol. The average Bonchev–Trinajstić information content (AvgIpc) is 3.35. The van der Waals surface area contributed by atoms with Crippen LogP contribution in [0.3, 0.4) is 0 Å². The molecule has 154 valence electrons. The molecule has 2 heterocycles. The number of aromatic nitrogens is 2. The van der Waals surface area contributed by atoms with E-state index in [0.29, 0.717) is 17.0 Å². The smallest absolute Gasteiger partial charge is 0.322 e. The van der Waals surface area contributed by atoms with E-state index < -0.39 is 15.9 Å². The number of unbranched alkanes of at least 4 members (excludes halogenated alkanes) is 1. The van der Waals surface area contributed by atoms with Crippen LogP contribution in [0.15, 0.2) is 54.8 Å². The Bertz CT molecular complexity index is 1090. The van der Waals surface area contributed by atoms with Crippen LogP contribution < -0.4 is 5.32 Å². The van der Waals surface area contributed by atoms with E-state index in [4.69, 9.17) is 8.83 Å². The molecule has 0 fully saturated rings. The van der Waals surface area contributed by atoms with Gasteiger partial charge in [0, 0.05) is 19.2 Å². The minimum atomic E-state index is -3.59. The van der Waals surface area contributed by atoms with Crippen molar-refractivity contribution in [3.8, 4) is 11.7 Å². The van der Waals surface area contributed by atoms with Crippen molar-refractivity contribution < 1.29 is 22.0 Å². The zero-order valence-electron chi connectivity index (χ0n) is 15.8. The van der Waals surface area contributed by atoms with Gasteiger partial charge < -0.3 is 8.83 Å². The van der Waals surface area contributed by atoms with E-state index in [1.807, 2.05) is 6.92 Å². The maximum Gasteiger partial charge on any atom is 0.322 e. The highest BCUT2D eigenvalue weighted by Crippen LogP contribution is 2.25. The summed E-state index contributed by atoms with van der Waals surface area (Å²) in [5, 5.41) is 10.0. The first kappa shape index (κ1) is 21.2. The van der Waals surface area contributed by atoms with Crippen molar-refractivity contribution in [3.05, 3.63) is 46.6 Å². The van der Waals surface area contributed by atoms with Crippen LogP contribution in [0.4, 0.5) is 6.01 Å². The Morgan fingerprint density at radius 3 is 2.48 bits per heavy atom. The van der Waals surface area contributed by atoms with Gasteiger partial charge >= 0.3 is 6.01 Å². The molecule has 0 aliphatic heterocycles. The number of carbonyl (C=O) groups excluding carboxylic acids is 1. The molecule has 0 aliphatic rings. The van der Waals surface area contributed by atoms with Gasteiger partial charge in [0.2, 0.25) is 10.0 Å². The molecule has 2 aromatic heterocycles. The Morgan fingerprint density at radius 1 is 1.14 bits per heavy atom. The van der Waals surface area contributed by atoms with Crippen molar-refractivity contribution >= 4 is 37.9 Å². The first-order chi connectivity index (χ1) is 13.8. The summed E-state index contributed by atoms with van der Waals surface area (Å²) in [6.45, 7) is 2.43. The van der Waals surface area contributed by atoms with Gasteiger partial charge in [-0.1, -0.05) is 18.4 Å². The summed E-state index contributed by atoms with van der Waals surface area (Å²) in [5.41, 5.74) is 0.251. The lowest BCUT2D eigenvalue weighted by molar-refractivity contribution is 0.102. The molecule has 1 amide bonds. The number of furan rings is 1. The fourth-order valence-electron chi connectivity index (χ4n) is 2.43. The van der Waals surface area contributed by atoms with Gasteiger partial charge in [0.25, 0.3) is 11.8 Å². The van der Waals surface area contributed by atoms with Gasteiger partial charge in [-0.2, -0.15) is 0 Å². The zero-order valence-corrected chi connectivity index (χ0v) is 18.2. The van der Waals surface area contributed by atoms with Gasteiger partial charge in [-0.15, -0.1) is 5.10 Å². The third-order valence-electron chi connectivity index (χ3n) is 4.08. The molecule has 3 aromatic rings. The molecule has 1 N–H and O–H groups in total. The first-order valence-corrected chi connectivity index (χ1v) is 11.0. The Hall–Kier alpha value is -2.50. The molecule has 9 nitrogen and oxygen atoms in total. The third-order valence-corrected chi connectivity index (χ3v) is 6.38. The minimum absolute atomic E-state index is 0.103. The number of benzene rings is 1. The molecule has 0 aliphatic carbocycles. The maximum atomic E-state index is 12.5. The van der Waals surface area contributed by atoms with E-state index >= 15 is 0 Å². The number of nitrogens with one attached hydrogen (secondary N) is 1. The fourth-order valence-corrected chi connectivity index (χ4v) is 3.95. The molecule has 0 atom stereocenters. The lowest BCUT2D eigenvalue weighted by atomic mass is 10.2. The van der Waals surface area contributed by atoms with Crippen molar-refractivity contribution in [1.82, 2.24) is 14.5 Å². The minimum Gasteiger partial charge on any atom is -0.444 e. The number of anilines is 1. The number of amides is 1. The SMILES string of the molecule is CCCCN(C)S(=O)(=O)c1ccc(C(=O)Nc2nnc(-c3ccc(Br)o3)o2)cc1. The summed E-state index contributed by atoms with van der Waals surface area (Å²) < 4.78 is 37.5. The number of hydrogen-bond donors (Lipinski definition) is 1. The van der Waals surface area contributed by atoms with E-state index in [9.17, 15) is 13.2 Å². The number of rotatable bonds is 8. The molecule has 0 unspecified atom stereocenters. The number of halogens is 1. The van der Waals surface area contributed by atoms with E-state index in [1.54, 1.807) is 12.1 Å². The van der Waals surface area contributed by atoms with Crippen molar-refractivity contribution in [3.63, 3.8) is 0 Å². The van der Waals surface area contributed by atoms with Crippen LogP contribution in [0.2, 0.25) is 0 Å². The standard InChI is InChI=1S/C18H19BrN4O5S/c1-3-4-11-23(2)29(25,26)13-7-5-12(6-8-13)16(24)20-18-22-21-17(28-18)14-9-10-15(19)27-14/h5-10H,3-4,11H2,1-2H3,(H,20,22,24). The second-order valence-corrected chi connectivity index (χ2v) is 9.00. The fraction of sp³-hybridized carbons (Fsp3) is 0.278. The van der Waals surface area contributed by atoms with Gasteiger partial charge in [-0.05, 0) is 58.7 Å². The van der Waals surface area contributed by atoms with Crippen LogP contribution in [0.5, 0.6) is 0 Å². The second-order valence-electron chi connectivity index (χ2n) is 6.17. The Labute approximate surface area is 176 Å². The second kappa shape index (κ2) is 8.89. The molecular weight excluding hydrogens is 464 g/mol. The van der Waals surface area contributed by atoms with Gasteiger partial charge in [0.05, 0.1) is 4.90 Å². The Balaban J connectivity index is 1.69. The summed E-state index contributed by atoms with van der Waals surface area (Å²) in [4.78, 5) is 12.5. The number of carbonyl (C=O) groups is 1. The largest absolute Gasteiger partial charge is 0.444 e. The predicted molar refractivity (Wildman–Crippen MR) is 109 cm³/mol. The molecule has 0 saturated carbocycles. The average molecular weight is 483 g/mol. The molecular formula is C18H19BrN4O5S.